The van der Waals surface area contributed by atoms with E-state index in [-0.39, 0.29) is 5.91 Å². The highest BCUT2D eigenvalue weighted by Crippen LogP contribution is 2.45. The Bertz CT molecular complexity index is 1680. The summed E-state index contributed by atoms with van der Waals surface area (Å²) in [6.45, 7) is -0.0777. The molecule has 1 aliphatic heterocycles. The van der Waals surface area contributed by atoms with Crippen molar-refractivity contribution in [2.75, 3.05) is 48.7 Å². The first-order valence-electron chi connectivity index (χ1n) is 17.7. The average Bonchev–Trinajstić information content (AvgIpc) is 4.01. The van der Waals surface area contributed by atoms with E-state index in [9.17, 15) is 14.4 Å². The molecule has 0 spiro atoms. The summed E-state index contributed by atoms with van der Waals surface area (Å²) in [5.41, 5.74) is 2.34. The van der Waals surface area contributed by atoms with Crippen LogP contribution in [0.4, 0.5) is 0 Å². The molecule has 3 aromatic rings. The topological polar surface area (TPSA) is 139 Å². The maximum Gasteiger partial charge on any atom is 0.341 e. The summed E-state index contributed by atoms with van der Waals surface area (Å²) in [4.78, 5) is 41.7. The number of hydrogen-bond acceptors (Lipinski definition) is 10. The summed E-state index contributed by atoms with van der Waals surface area (Å²) < 4.78 is 39.4. The van der Waals surface area contributed by atoms with Crippen LogP contribution in [-0.4, -0.2) is 82.6 Å². The number of likely N-dealkylation sites (tertiary alicyclic amines) is 1. The van der Waals surface area contributed by atoms with Gasteiger partial charge in [0, 0.05) is 6.54 Å². The molecule has 1 heterocycles. The van der Waals surface area contributed by atoms with E-state index in [0.717, 1.165) is 36.8 Å². The SMILES string of the molecule is COc1ccc(CC[C@@H](OC(=O)[C@@H]2CCCCN2C(=O)[C@@H](CC2CC2)c2cc(OC)c(OC)c(OC)c2)c2cccc(OCC(=O)O)c2)cc1OC. The van der Waals surface area contributed by atoms with E-state index >= 15 is 0 Å². The van der Waals surface area contributed by atoms with Gasteiger partial charge in [-0.15, -0.1) is 0 Å². The van der Waals surface area contributed by atoms with Crippen LogP contribution in [0, 0.1) is 5.92 Å². The Labute approximate surface area is 304 Å². The van der Waals surface area contributed by atoms with Gasteiger partial charge in [0.25, 0.3) is 0 Å². The van der Waals surface area contributed by atoms with Gasteiger partial charge in [0.15, 0.2) is 29.6 Å². The number of amides is 1. The van der Waals surface area contributed by atoms with Crippen molar-refractivity contribution in [3.8, 4) is 34.5 Å². The van der Waals surface area contributed by atoms with Crippen LogP contribution in [0.2, 0.25) is 0 Å². The Morgan fingerprint density at radius 2 is 1.50 bits per heavy atom. The lowest BCUT2D eigenvalue weighted by Gasteiger charge is -2.37. The zero-order valence-corrected chi connectivity index (χ0v) is 30.6. The maximum atomic E-state index is 14.6. The fourth-order valence-corrected chi connectivity index (χ4v) is 6.81. The Hall–Kier alpha value is -5.13. The van der Waals surface area contributed by atoms with Crippen molar-refractivity contribution in [3.63, 3.8) is 0 Å². The minimum atomic E-state index is -1.10. The van der Waals surface area contributed by atoms with Gasteiger partial charge in [-0.2, -0.15) is 0 Å². The molecule has 280 valence electrons. The lowest BCUT2D eigenvalue weighted by atomic mass is 9.89. The number of benzene rings is 3. The van der Waals surface area contributed by atoms with Crippen LogP contribution in [-0.2, 0) is 25.5 Å². The van der Waals surface area contributed by atoms with Gasteiger partial charge < -0.3 is 43.2 Å². The van der Waals surface area contributed by atoms with Gasteiger partial charge in [-0.3, -0.25) is 4.79 Å². The number of carbonyl (C=O) groups excluding carboxylic acids is 2. The number of piperidine rings is 1. The van der Waals surface area contributed by atoms with Gasteiger partial charge in [-0.05, 0) is 97.5 Å². The molecule has 12 nitrogen and oxygen atoms in total. The van der Waals surface area contributed by atoms with Crippen LogP contribution < -0.4 is 28.4 Å². The third-order valence-corrected chi connectivity index (χ3v) is 9.71. The van der Waals surface area contributed by atoms with Gasteiger partial charge in [0.1, 0.15) is 17.9 Å². The number of aryl methyl sites for hydroxylation is 1. The molecule has 0 bridgehead atoms. The minimum absolute atomic E-state index is 0.131. The molecule has 3 atom stereocenters. The Kier molecular flexibility index (Phi) is 13.1. The summed E-state index contributed by atoms with van der Waals surface area (Å²) in [7, 11) is 7.78. The number of carbonyl (C=O) groups is 3. The molecule has 52 heavy (non-hydrogen) atoms. The normalized spacial score (nSPS) is 16.6. The fourth-order valence-electron chi connectivity index (χ4n) is 6.81. The third kappa shape index (κ3) is 9.40. The fraction of sp³-hybridized carbons (Fsp3) is 0.475. The zero-order chi connectivity index (χ0) is 37.2. The summed E-state index contributed by atoms with van der Waals surface area (Å²) >= 11 is 0. The molecule has 0 unspecified atom stereocenters. The van der Waals surface area contributed by atoms with Crippen LogP contribution in [0.15, 0.2) is 54.6 Å². The quantitative estimate of drug-likeness (QED) is 0.147. The number of ether oxygens (including phenoxy) is 7. The van der Waals surface area contributed by atoms with Crippen molar-refractivity contribution in [2.45, 2.75) is 69.4 Å². The smallest absolute Gasteiger partial charge is 0.341 e. The number of esters is 1. The molecule has 1 saturated carbocycles. The van der Waals surface area contributed by atoms with Gasteiger partial charge in [-0.1, -0.05) is 31.0 Å². The van der Waals surface area contributed by atoms with Crippen LogP contribution in [0.25, 0.3) is 0 Å². The number of carboxylic acids is 1. The first kappa shape index (κ1) is 38.1. The van der Waals surface area contributed by atoms with Gasteiger partial charge in [0.2, 0.25) is 11.7 Å². The molecule has 2 aliphatic rings. The van der Waals surface area contributed by atoms with E-state index in [0.29, 0.717) is 78.2 Å². The predicted molar refractivity (Wildman–Crippen MR) is 192 cm³/mol. The summed E-state index contributed by atoms with van der Waals surface area (Å²) in [6, 6.07) is 15.4. The standard InChI is InChI=1S/C40H49NO11/c1-46-33-17-15-26(20-34(33)47-2)14-16-32(27-9-8-10-29(21-27)51-24-37(42)43)52-40(45)31-11-6-7-18-41(31)39(44)30(19-25-12-13-25)28-22-35(48-3)38(50-5)36(23-28)49-4/h8-10,15,17,20-23,25,30-32H,6-7,11-14,16,18-19,24H2,1-5H3,(H,42,43)/t30-,31-,32+/m0/s1. The third-order valence-electron chi connectivity index (χ3n) is 9.71. The Morgan fingerprint density at radius 3 is 2.13 bits per heavy atom. The van der Waals surface area contributed by atoms with Crippen LogP contribution in [0.5, 0.6) is 34.5 Å². The highest BCUT2D eigenvalue weighted by atomic mass is 16.5. The lowest BCUT2D eigenvalue weighted by Crippen LogP contribution is -2.50. The molecule has 1 amide bonds. The van der Waals surface area contributed by atoms with E-state index in [2.05, 4.69) is 0 Å². The first-order valence-corrected chi connectivity index (χ1v) is 17.7. The van der Waals surface area contributed by atoms with Crippen LogP contribution in [0.3, 0.4) is 0 Å². The van der Waals surface area contributed by atoms with Crippen molar-refractivity contribution in [1.82, 2.24) is 4.90 Å². The molecular formula is C40H49NO11. The van der Waals surface area contributed by atoms with Crippen LogP contribution >= 0.6 is 0 Å². The highest BCUT2D eigenvalue weighted by molar-refractivity contribution is 5.89. The highest BCUT2D eigenvalue weighted by Gasteiger charge is 2.40. The largest absolute Gasteiger partial charge is 0.493 e. The number of hydrogen-bond donors (Lipinski definition) is 1. The average molecular weight is 720 g/mol. The molecule has 12 heteroatoms. The Morgan fingerprint density at radius 1 is 0.788 bits per heavy atom. The van der Waals surface area contributed by atoms with Crippen molar-refractivity contribution in [1.29, 1.82) is 0 Å². The number of aliphatic carboxylic acids is 1. The van der Waals surface area contributed by atoms with Crippen molar-refractivity contribution in [2.24, 2.45) is 5.92 Å². The second kappa shape index (κ2) is 17.9. The van der Waals surface area contributed by atoms with Crippen molar-refractivity contribution >= 4 is 17.8 Å². The van der Waals surface area contributed by atoms with Gasteiger partial charge in [0.05, 0.1) is 41.5 Å². The number of carboxylic acid groups (broad SMARTS) is 1. The van der Waals surface area contributed by atoms with E-state index in [1.54, 1.807) is 51.5 Å². The summed E-state index contributed by atoms with van der Waals surface area (Å²) in [5, 5.41) is 9.15. The number of nitrogens with zero attached hydrogens (tertiary/aromatic N) is 1. The molecular weight excluding hydrogens is 670 g/mol. The molecule has 1 saturated heterocycles. The number of methoxy groups -OCH3 is 5. The maximum absolute atomic E-state index is 14.6. The summed E-state index contributed by atoms with van der Waals surface area (Å²) in [5.74, 6) is 1.09. The molecule has 2 fully saturated rings. The zero-order valence-electron chi connectivity index (χ0n) is 30.6. The second-order valence-electron chi connectivity index (χ2n) is 13.1. The molecule has 0 aromatic heterocycles. The Balaban J connectivity index is 1.42. The molecule has 0 radical (unpaired) electrons. The minimum Gasteiger partial charge on any atom is -0.493 e. The monoisotopic (exact) mass is 719 g/mol. The number of rotatable bonds is 18. The predicted octanol–water partition coefficient (Wildman–Crippen LogP) is 6.38. The molecule has 1 N–H and O–H groups in total. The van der Waals surface area contributed by atoms with Crippen molar-refractivity contribution in [3.05, 3.63) is 71.3 Å². The molecule has 1 aliphatic carbocycles. The first-order chi connectivity index (χ1) is 25.2. The van der Waals surface area contributed by atoms with Crippen molar-refractivity contribution < 1.29 is 52.6 Å². The van der Waals surface area contributed by atoms with Crippen LogP contribution in [0.1, 0.15) is 73.7 Å². The van der Waals surface area contributed by atoms with E-state index in [4.69, 9.17) is 38.3 Å². The molecule has 5 rings (SSSR count). The molecule has 3 aromatic carbocycles. The van der Waals surface area contributed by atoms with Gasteiger partial charge in [-0.25, -0.2) is 9.59 Å². The summed E-state index contributed by atoms with van der Waals surface area (Å²) in [6.07, 6.45) is 4.98. The van der Waals surface area contributed by atoms with E-state index in [1.165, 1.54) is 7.11 Å². The van der Waals surface area contributed by atoms with E-state index < -0.39 is 36.6 Å². The van der Waals surface area contributed by atoms with E-state index in [1.807, 2.05) is 36.4 Å². The van der Waals surface area contributed by atoms with Gasteiger partial charge >= 0.3 is 11.9 Å². The lowest BCUT2D eigenvalue weighted by molar-refractivity contribution is -0.162. The second-order valence-corrected chi connectivity index (χ2v) is 13.1.